The molecule has 0 aromatic rings. The largest absolute Gasteiger partial charge is 0.413 e. The first kappa shape index (κ1) is 25.4. The Balaban J connectivity index is 2.83. The molecule has 162 valence electrons. The molecule has 0 atom stereocenters. The minimum Gasteiger partial charge on any atom is -0.413 e. The van der Waals surface area contributed by atoms with Gasteiger partial charge in [0.05, 0.1) is 18.7 Å². The van der Waals surface area contributed by atoms with Crippen molar-refractivity contribution in [2.45, 2.75) is 61.2 Å². The molecule has 27 heavy (non-hydrogen) atoms. The summed E-state index contributed by atoms with van der Waals surface area (Å²) in [6.45, 7) is 21.3. The lowest BCUT2D eigenvalue weighted by Gasteiger charge is -2.49. The molecule has 1 aliphatic rings. The van der Waals surface area contributed by atoms with Crippen LogP contribution in [0.1, 0.15) is 41.5 Å². The summed E-state index contributed by atoms with van der Waals surface area (Å²) in [5.74, 6) is 1.45. The maximum Gasteiger partial charge on any atom is 0.344 e. The van der Waals surface area contributed by atoms with Gasteiger partial charge in [-0.2, -0.15) is 0 Å². The third kappa shape index (κ3) is 10.1. The normalized spacial score (nSPS) is 32.0. The standard InChI is InChI=1S/C18H42O6Si3/c1-16(2)10-19-13-25(7)22-26(8,14-20-11-17(3)4)24-27(9,23-25)15-21-12-18(5)6/h16-18H,10-15H2,1-9H3. The summed E-state index contributed by atoms with van der Waals surface area (Å²) < 4.78 is 37.3. The Morgan fingerprint density at radius 1 is 0.519 bits per heavy atom. The fraction of sp³-hybridized carbons (Fsp3) is 1.00. The van der Waals surface area contributed by atoms with E-state index in [4.69, 9.17) is 26.6 Å². The van der Waals surface area contributed by atoms with E-state index in [1.165, 1.54) is 0 Å². The summed E-state index contributed by atoms with van der Waals surface area (Å²) >= 11 is 0. The van der Waals surface area contributed by atoms with Gasteiger partial charge in [0.25, 0.3) is 0 Å². The van der Waals surface area contributed by atoms with E-state index < -0.39 is 25.7 Å². The van der Waals surface area contributed by atoms with Crippen LogP contribution < -0.4 is 0 Å². The van der Waals surface area contributed by atoms with Crippen LogP contribution in [0, 0.1) is 17.8 Å². The molecule has 6 nitrogen and oxygen atoms in total. The first-order chi connectivity index (χ1) is 12.4. The zero-order valence-electron chi connectivity index (χ0n) is 18.9. The van der Waals surface area contributed by atoms with Crippen LogP contribution in [0.5, 0.6) is 0 Å². The predicted molar refractivity (Wildman–Crippen MR) is 115 cm³/mol. The van der Waals surface area contributed by atoms with Gasteiger partial charge < -0.3 is 26.6 Å². The highest BCUT2D eigenvalue weighted by Gasteiger charge is 2.57. The van der Waals surface area contributed by atoms with E-state index in [9.17, 15) is 0 Å². The lowest BCUT2D eigenvalue weighted by molar-refractivity contribution is 0.0753. The first-order valence-corrected chi connectivity index (χ1v) is 17.8. The van der Waals surface area contributed by atoms with Gasteiger partial charge in [0.1, 0.15) is 0 Å². The average molecular weight is 439 g/mol. The minimum absolute atomic E-state index is 0.485. The van der Waals surface area contributed by atoms with E-state index in [0.29, 0.717) is 56.3 Å². The smallest absolute Gasteiger partial charge is 0.344 e. The summed E-state index contributed by atoms with van der Waals surface area (Å²) in [4.78, 5) is 0. The van der Waals surface area contributed by atoms with Gasteiger partial charge in [-0.15, -0.1) is 0 Å². The highest BCUT2D eigenvalue weighted by molar-refractivity contribution is 6.93. The maximum absolute atomic E-state index is 6.51. The second kappa shape index (κ2) is 11.0. The Morgan fingerprint density at radius 2 is 0.741 bits per heavy atom. The van der Waals surface area contributed by atoms with E-state index in [1.54, 1.807) is 0 Å². The topological polar surface area (TPSA) is 55.4 Å². The van der Waals surface area contributed by atoms with E-state index >= 15 is 0 Å². The molecule has 0 radical (unpaired) electrons. The van der Waals surface area contributed by atoms with Crippen LogP contribution in [0.3, 0.4) is 0 Å². The van der Waals surface area contributed by atoms with Crippen molar-refractivity contribution in [3.8, 4) is 0 Å². The molecule has 0 amide bonds. The monoisotopic (exact) mass is 438 g/mol. The molecule has 0 N–H and O–H groups in total. The van der Waals surface area contributed by atoms with Crippen molar-refractivity contribution in [1.29, 1.82) is 0 Å². The van der Waals surface area contributed by atoms with Crippen LogP contribution in [0.4, 0.5) is 0 Å². The summed E-state index contributed by atoms with van der Waals surface area (Å²) in [5, 5.41) is 0. The summed E-state index contributed by atoms with van der Waals surface area (Å²) in [7, 11) is -7.54. The molecule has 0 aliphatic carbocycles. The SMILES string of the molecule is CC(C)COC[Si]1(C)O[Si](C)(COCC(C)C)O[Si](C)(COCC(C)C)O1. The number of rotatable bonds is 12. The van der Waals surface area contributed by atoms with Crippen LogP contribution in [-0.2, 0) is 26.6 Å². The van der Waals surface area contributed by atoms with Gasteiger partial charge in [-0.25, -0.2) is 0 Å². The molecule has 0 unspecified atom stereocenters. The van der Waals surface area contributed by atoms with Gasteiger partial charge in [0, 0.05) is 19.8 Å². The van der Waals surface area contributed by atoms with E-state index in [-0.39, 0.29) is 0 Å². The van der Waals surface area contributed by atoms with Crippen LogP contribution in [0.2, 0.25) is 19.6 Å². The van der Waals surface area contributed by atoms with Gasteiger partial charge in [0.2, 0.25) is 0 Å². The number of hydrogen-bond donors (Lipinski definition) is 0. The summed E-state index contributed by atoms with van der Waals surface area (Å²) in [6, 6.07) is 0. The molecule has 0 bridgehead atoms. The van der Waals surface area contributed by atoms with Crippen LogP contribution >= 0.6 is 0 Å². The van der Waals surface area contributed by atoms with Gasteiger partial charge in [0.15, 0.2) is 0 Å². The Bertz CT molecular complexity index is 366. The fourth-order valence-corrected chi connectivity index (χ4v) is 18.5. The van der Waals surface area contributed by atoms with E-state index in [0.717, 1.165) is 0 Å². The van der Waals surface area contributed by atoms with Crippen molar-refractivity contribution in [3.05, 3.63) is 0 Å². The Labute approximate surface area is 170 Å². The second-order valence-electron chi connectivity index (χ2n) is 9.43. The van der Waals surface area contributed by atoms with Crippen LogP contribution in [-0.4, -0.2) is 64.2 Å². The molecule has 1 aliphatic heterocycles. The van der Waals surface area contributed by atoms with Gasteiger partial charge in [-0.3, -0.25) is 0 Å². The van der Waals surface area contributed by atoms with Gasteiger partial charge >= 0.3 is 25.7 Å². The lowest BCUT2D eigenvalue weighted by Crippen LogP contribution is -2.72. The molecule has 9 heteroatoms. The molecular formula is C18H42O6Si3. The fourth-order valence-electron chi connectivity index (χ4n) is 3.05. The lowest BCUT2D eigenvalue weighted by atomic mass is 10.2. The number of ether oxygens (including phenoxy) is 3. The maximum atomic E-state index is 6.51. The first-order valence-electron chi connectivity index (χ1n) is 10.2. The van der Waals surface area contributed by atoms with Crippen molar-refractivity contribution >= 4 is 25.7 Å². The van der Waals surface area contributed by atoms with E-state index in [1.807, 2.05) is 0 Å². The van der Waals surface area contributed by atoms with Gasteiger partial charge in [-0.1, -0.05) is 41.5 Å². The zero-order chi connectivity index (χ0) is 20.7. The molecule has 0 aromatic heterocycles. The van der Waals surface area contributed by atoms with E-state index in [2.05, 4.69) is 61.2 Å². The molecular weight excluding hydrogens is 396 g/mol. The molecule has 0 saturated carbocycles. The van der Waals surface area contributed by atoms with Crippen LogP contribution in [0.15, 0.2) is 0 Å². The molecule has 1 fully saturated rings. The average Bonchev–Trinajstić information content (AvgIpc) is 2.43. The Hall–Kier alpha value is 0.411. The predicted octanol–water partition coefficient (Wildman–Crippen LogP) is 3.90. The summed E-state index contributed by atoms with van der Waals surface area (Å²) in [6.07, 6.45) is 1.57. The third-order valence-electron chi connectivity index (χ3n) is 3.74. The molecule has 1 rings (SSSR count). The molecule has 0 spiro atoms. The van der Waals surface area contributed by atoms with Crippen molar-refractivity contribution in [3.63, 3.8) is 0 Å². The second-order valence-corrected chi connectivity index (χ2v) is 19.6. The van der Waals surface area contributed by atoms with Crippen molar-refractivity contribution in [1.82, 2.24) is 0 Å². The highest BCUT2D eigenvalue weighted by atomic mass is 28.5. The van der Waals surface area contributed by atoms with Gasteiger partial charge in [-0.05, 0) is 37.4 Å². The number of hydrogen-bond acceptors (Lipinski definition) is 6. The van der Waals surface area contributed by atoms with Crippen molar-refractivity contribution in [2.75, 3.05) is 38.5 Å². The van der Waals surface area contributed by atoms with Crippen molar-refractivity contribution < 1.29 is 26.6 Å². The molecule has 0 aromatic carbocycles. The van der Waals surface area contributed by atoms with Crippen LogP contribution in [0.25, 0.3) is 0 Å². The Morgan fingerprint density at radius 3 is 0.926 bits per heavy atom. The zero-order valence-corrected chi connectivity index (χ0v) is 21.9. The van der Waals surface area contributed by atoms with Crippen molar-refractivity contribution in [2.24, 2.45) is 17.8 Å². The highest BCUT2D eigenvalue weighted by Crippen LogP contribution is 2.31. The minimum atomic E-state index is -2.51. The quantitative estimate of drug-likeness (QED) is 0.431. The Kier molecular flexibility index (Phi) is 10.3. The molecule has 1 saturated heterocycles. The molecule has 1 heterocycles. The third-order valence-corrected chi connectivity index (χ3v) is 16.3. The summed E-state index contributed by atoms with van der Waals surface area (Å²) in [5.41, 5.74) is 0.